The van der Waals surface area contributed by atoms with Gasteiger partial charge in [-0.05, 0) is 95.7 Å². The fourth-order valence-corrected chi connectivity index (χ4v) is 10.4. The quantitative estimate of drug-likeness (QED) is 0.112. The minimum absolute atomic E-state index is 0.0950. The number of carbonyl (C=O) groups excluding carboxylic acids is 4. The summed E-state index contributed by atoms with van der Waals surface area (Å²) in [5.74, 6) is 1.37. The number of aromatic amines is 2. The second-order valence-electron chi connectivity index (χ2n) is 17.5. The van der Waals surface area contributed by atoms with Crippen molar-refractivity contribution in [2.24, 2.45) is 11.8 Å². The molecule has 14 nitrogen and oxygen atoms in total. The molecule has 7 aromatic rings. The smallest absolute Gasteiger partial charge is 0.407 e. The molecule has 14 heteroatoms. The Morgan fingerprint density at radius 2 is 1.33 bits per heavy atom. The molecule has 1 unspecified atom stereocenters. The lowest BCUT2D eigenvalue weighted by atomic mass is 9.95. The fourth-order valence-electron chi connectivity index (χ4n) is 10.4. The lowest BCUT2D eigenvalue weighted by Gasteiger charge is -2.37. The Bertz CT molecular complexity index is 2930. The summed E-state index contributed by atoms with van der Waals surface area (Å²) in [5, 5.41) is 9.64. The summed E-state index contributed by atoms with van der Waals surface area (Å²) in [6.07, 6.45) is 3.18. The van der Waals surface area contributed by atoms with Crippen molar-refractivity contribution in [2.75, 3.05) is 20.8 Å². The zero-order valence-corrected chi connectivity index (χ0v) is 35.7. The van der Waals surface area contributed by atoms with Crippen LogP contribution in [0.3, 0.4) is 0 Å². The van der Waals surface area contributed by atoms with Crippen LogP contribution in [-0.4, -0.2) is 86.6 Å². The Balaban J connectivity index is 0.920. The predicted molar refractivity (Wildman–Crippen MR) is 239 cm³/mol. The van der Waals surface area contributed by atoms with E-state index in [-0.39, 0.29) is 35.9 Å². The van der Waals surface area contributed by atoms with E-state index in [0.29, 0.717) is 18.0 Å². The molecule has 0 spiro atoms. The van der Waals surface area contributed by atoms with E-state index in [4.69, 9.17) is 19.4 Å². The first-order valence-electron chi connectivity index (χ1n) is 21.8. The highest BCUT2D eigenvalue weighted by molar-refractivity contribution is 6.07. The topological polar surface area (TPSA) is 175 Å². The summed E-state index contributed by atoms with van der Waals surface area (Å²) in [5.41, 5.74) is 6.33. The second-order valence-corrected chi connectivity index (χ2v) is 17.5. The maximum absolute atomic E-state index is 14.1. The largest absolute Gasteiger partial charge is 0.453 e. The highest BCUT2D eigenvalue weighted by Crippen LogP contribution is 2.50. The number of likely N-dealkylation sites (tertiary alicyclic amines) is 2. The van der Waals surface area contributed by atoms with Gasteiger partial charge in [-0.25, -0.2) is 19.6 Å². The molecule has 4 heterocycles. The van der Waals surface area contributed by atoms with Crippen LogP contribution in [0, 0.1) is 11.8 Å². The van der Waals surface area contributed by atoms with Gasteiger partial charge >= 0.3 is 12.2 Å². The van der Waals surface area contributed by atoms with Crippen molar-refractivity contribution in [3.05, 3.63) is 108 Å². The first-order chi connectivity index (χ1) is 30.6. The zero-order valence-electron chi connectivity index (χ0n) is 35.7. The van der Waals surface area contributed by atoms with Crippen molar-refractivity contribution in [3.8, 4) is 11.1 Å². The highest BCUT2D eigenvalue weighted by atomic mass is 16.5. The number of fused-ring (bicyclic) bond motifs is 8. The maximum Gasteiger partial charge on any atom is 0.407 e. The molecule has 5 aromatic carbocycles. The van der Waals surface area contributed by atoms with Gasteiger partial charge in [0.05, 0.1) is 48.4 Å². The molecule has 3 aliphatic rings. The van der Waals surface area contributed by atoms with Crippen molar-refractivity contribution in [2.45, 2.75) is 76.2 Å². The molecule has 2 aromatic heterocycles. The molecule has 4 amide bonds. The molecule has 2 bridgehead atoms. The number of methoxy groups -OCH3 is 2. The third-order valence-corrected chi connectivity index (χ3v) is 13.5. The van der Waals surface area contributed by atoms with Crippen molar-refractivity contribution in [3.63, 3.8) is 0 Å². The van der Waals surface area contributed by atoms with Gasteiger partial charge in [-0.15, -0.1) is 0 Å². The molecule has 6 atom stereocenters. The van der Waals surface area contributed by atoms with Gasteiger partial charge in [0.15, 0.2) is 0 Å². The minimum Gasteiger partial charge on any atom is -0.453 e. The number of amides is 4. The number of benzene rings is 5. The van der Waals surface area contributed by atoms with Gasteiger partial charge < -0.3 is 39.9 Å². The van der Waals surface area contributed by atoms with E-state index in [2.05, 4.69) is 75.2 Å². The number of piperidine rings is 1. The van der Waals surface area contributed by atoms with E-state index in [0.717, 1.165) is 98.5 Å². The molecule has 0 radical (unpaired) electrons. The standard InChI is InChI=1S/C49H50N8O6/c1-26(2)39(54-48(60)62-3)47(59)57-33-17-12-32(25-33)43(57)45-51-37-21-16-31-24-29(14-19-35(31)42(37)53-45)28-13-18-34-30(23-28)15-20-36-41(34)52-44(50-36)38-11-8-22-56(38)46(58)40(55-49(61)63-4)27-9-6-5-7-10-27/h5-7,9-10,13-16,18-21,23-24,26,32-33,38-40,43H,8,11-12,17,22,25H2,1-4H3,(H,50,52)(H,51,53)(H,54,60)(H,55,61)/t32-,33+,38+,39+,40-,43?/m1/s1. The Kier molecular flexibility index (Phi) is 10.2. The van der Waals surface area contributed by atoms with Gasteiger partial charge in [-0.1, -0.05) is 80.6 Å². The van der Waals surface area contributed by atoms with E-state index in [1.807, 2.05) is 60.0 Å². The summed E-state index contributed by atoms with van der Waals surface area (Å²) in [7, 11) is 2.60. The van der Waals surface area contributed by atoms with Gasteiger partial charge in [-0.3, -0.25) is 9.59 Å². The third kappa shape index (κ3) is 7.07. The maximum atomic E-state index is 14.1. The van der Waals surface area contributed by atoms with E-state index >= 15 is 0 Å². The molecular weight excluding hydrogens is 797 g/mol. The number of imidazole rings is 2. The number of nitrogens with one attached hydrogen (secondary N) is 4. The van der Waals surface area contributed by atoms with Crippen LogP contribution >= 0.6 is 0 Å². The fraction of sp³-hybridized carbons (Fsp3) is 0.347. The van der Waals surface area contributed by atoms with Crippen LogP contribution in [0.5, 0.6) is 0 Å². The molecule has 2 aliphatic heterocycles. The Labute approximate surface area is 363 Å². The molecule has 322 valence electrons. The molecule has 1 saturated carbocycles. The summed E-state index contributed by atoms with van der Waals surface area (Å²) < 4.78 is 9.72. The average molecular weight is 847 g/mol. The van der Waals surface area contributed by atoms with Gasteiger partial charge in [0.1, 0.15) is 23.7 Å². The van der Waals surface area contributed by atoms with Gasteiger partial charge in [0, 0.05) is 23.4 Å². The highest BCUT2D eigenvalue weighted by Gasteiger charge is 2.51. The van der Waals surface area contributed by atoms with Gasteiger partial charge in [-0.2, -0.15) is 0 Å². The molecule has 63 heavy (non-hydrogen) atoms. The van der Waals surface area contributed by atoms with Crippen molar-refractivity contribution >= 4 is 67.6 Å². The summed E-state index contributed by atoms with van der Waals surface area (Å²) in [6.45, 7) is 4.42. The molecule has 2 saturated heterocycles. The SMILES string of the molecule is COC(=O)N[C@H](C(=O)N1C(c2nc3c(ccc4cc(-c5ccc6c(ccc7[nH]c([C@@H]8CCCN8C(=O)[C@H](NC(=O)OC)c8ccccc8)nc76)c5)ccc43)[nH]2)[C@@H]2CC[C@H]1C2)C(C)C. The first-order valence-corrected chi connectivity index (χ1v) is 21.8. The van der Waals surface area contributed by atoms with Crippen LogP contribution in [0.25, 0.3) is 54.7 Å². The van der Waals surface area contributed by atoms with Crippen LogP contribution in [0.15, 0.2) is 91.0 Å². The summed E-state index contributed by atoms with van der Waals surface area (Å²) in [4.78, 5) is 74.0. The number of carbonyl (C=O) groups is 4. The van der Waals surface area contributed by atoms with E-state index in [9.17, 15) is 19.2 Å². The number of H-pyrrole nitrogens is 2. The van der Waals surface area contributed by atoms with E-state index in [1.165, 1.54) is 14.2 Å². The van der Waals surface area contributed by atoms with E-state index < -0.39 is 24.3 Å². The van der Waals surface area contributed by atoms with Crippen molar-refractivity contribution in [1.29, 1.82) is 0 Å². The van der Waals surface area contributed by atoms with Crippen molar-refractivity contribution in [1.82, 2.24) is 40.4 Å². The molecule has 4 N–H and O–H groups in total. The number of hydrogen-bond donors (Lipinski definition) is 4. The zero-order chi connectivity index (χ0) is 43.5. The number of alkyl carbamates (subject to hydrolysis) is 2. The second kappa shape index (κ2) is 16.1. The molecule has 3 fully saturated rings. The average Bonchev–Trinajstić information content (AvgIpc) is 4.17. The molecule has 1 aliphatic carbocycles. The van der Waals surface area contributed by atoms with Crippen LogP contribution in [-0.2, 0) is 19.1 Å². The monoisotopic (exact) mass is 846 g/mol. The summed E-state index contributed by atoms with van der Waals surface area (Å²) >= 11 is 0. The molecule has 10 rings (SSSR count). The van der Waals surface area contributed by atoms with Gasteiger partial charge in [0.25, 0.3) is 5.91 Å². The third-order valence-electron chi connectivity index (χ3n) is 13.5. The number of ether oxygens (including phenoxy) is 2. The van der Waals surface area contributed by atoms with Crippen LogP contribution in [0.4, 0.5) is 9.59 Å². The summed E-state index contributed by atoms with van der Waals surface area (Å²) in [6, 6.07) is 28.4. The predicted octanol–water partition coefficient (Wildman–Crippen LogP) is 8.61. The van der Waals surface area contributed by atoms with Crippen LogP contribution in [0.2, 0.25) is 0 Å². The molecular formula is C49H50N8O6. The number of aromatic nitrogens is 4. The van der Waals surface area contributed by atoms with Crippen molar-refractivity contribution < 1.29 is 28.7 Å². The Morgan fingerprint density at radius 1 is 0.714 bits per heavy atom. The minimum atomic E-state index is -0.891. The number of hydrogen-bond acceptors (Lipinski definition) is 8. The number of nitrogens with zero attached hydrogens (tertiary/aromatic N) is 4. The van der Waals surface area contributed by atoms with E-state index in [1.54, 1.807) is 0 Å². The van der Waals surface area contributed by atoms with Crippen LogP contribution < -0.4 is 10.6 Å². The van der Waals surface area contributed by atoms with Crippen LogP contribution in [0.1, 0.15) is 81.3 Å². The lowest BCUT2D eigenvalue weighted by molar-refractivity contribution is -0.139. The lowest BCUT2D eigenvalue weighted by Crippen LogP contribution is -2.54. The Morgan fingerprint density at radius 3 is 1.97 bits per heavy atom. The Hall–Kier alpha value is -6.96. The number of rotatable bonds is 9. The first kappa shape index (κ1) is 40.1. The normalized spacial score (nSPS) is 20.5. The van der Waals surface area contributed by atoms with Gasteiger partial charge in [0.2, 0.25) is 5.91 Å².